The molecule has 1 aromatic carbocycles. The Morgan fingerprint density at radius 1 is 1.38 bits per heavy atom. The molecule has 0 aliphatic rings. The first-order valence-electron chi connectivity index (χ1n) is 6.86. The van der Waals surface area contributed by atoms with Gasteiger partial charge in [-0.1, -0.05) is 19.1 Å². The number of nitrogens with one attached hydrogen (secondary N) is 2. The first-order chi connectivity index (χ1) is 9.89. The molecule has 0 saturated carbocycles. The minimum Gasteiger partial charge on any atom is -0.382 e. The normalized spacial score (nSPS) is 13.1. The van der Waals surface area contributed by atoms with E-state index in [1.807, 2.05) is 38.1 Å². The number of aromatic amines is 1. The molecule has 1 heterocycles. The van der Waals surface area contributed by atoms with Gasteiger partial charge in [-0.05, 0) is 26.0 Å². The third-order valence-corrected chi connectivity index (χ3v) is 4.96. The summed E-state index contributed by atoms with van der Waals surface area (Å²) in [5.41, 5.74) is 1.74. The van der Waals surface area contributed by atoms with Crippen LogP contribution in [0.15, 0.2) is 24.3 Å². The van der Waals surface area contributed by atoms with Crippen LogP contribution in [0.5, 0.6) is 0 Å². The molecular formula is C14H20N4O2S. The highest BCUT2D eigenvalue weighted by atomic mass is 32.2. The van der Waals surface area contributed by atoms with Crippen LogP contribution in [0.2, 0.25) is 0 Å². The number of aromatic nitrogens is 3. The summed E-state index contributed by atoms with van der Waals surface area (Å²) in [5, 5.41) is 10.1. The van der Waals surface area contributed by atoms with Crippen LogP contribution in [0.25, 0.3) is 11.4 Å². The predicted molar refractivity (Wildman–Crippen MR) is 84.0 cm³/mol. The van der Waals surface area contributed by atoms with Crippen LogP contribution in [0.4, 0.5) is 5.69 Å². The molecule has 114 valence electrons. The van der Waals surface area contributed by atoms with Gasteiger partial charge in [0.1, 0.15) is 5.82 Å². The van der Waals surface area contributed by atoms with E-state index in [1.165, 1.54) is 0 Å². The molecule has 0 amide bonds. The van der Waals surface area contributed by atoms with Gasteiger partial charge in [-0.2, -0.15) is 5.10 Å². The molecule has 6 nitrogen and oxygen atoms in total. The van der Waals surface area contributed by atoms with Crippen LogP contribution in [0.3, 0.4) is 0 Å². The Labute approximate surface area is 124 Å². The summed E-state index contributed by atoms with van der Waals surface area (Å²) in [6.07, 6.45) is 0. The van der Waals surface area contributed by atoms with Crippen molar-refractivity contribution in [2.45, 2.75) is 26.8 Å². The van der Waals surface area contributed by atoms with Gasteiger partial charge in [-0.3, -0.25) is 5.10 Å². The van der Waals surface area contributed by atoms with Crippen LogP contribution in [0.1, 0.15) is 19.7 Å². The fraction of sp³-hybridized carbons (Fsp3) is 0.429. The molecule has 21 heavy (non-hydrogen) atoms. The zero-order chi connectivity index (χ0) is 15.5. The topological polar surface area (TPSA) is 87.7 Å². The summed E-state index contributed by atoms with van der Waals surface area (Å²) in [4.78, 5) is 4.28. The fourth-order valence-corrected chi connectivity index (χ4v) is 3.13. The van der Waals surface area contributed by atoms with Gasteiger partial charge in [-0.15, -0.1) is 0 Å². The van der Waals surface area contributed by atoms with Gasteiger partial charge < -0.3 is 5.32 Å². The van der Waals surface area contributed by atoms with Gasteiger partial charge in [-0.25, -0.2) is 13.4 Å². The number of benzene rings is 1. The zero-order valence-corrected chi connectivity index (χ0v) is 13.2. The molecule has 2 aromatic rings. The van der Waals surface area contributed by atoms with Gasteiger partial charge in [0.2, 0.25) is 0 Å². The largest absolute Gasteiger partial charge is 0.382 e. The molecule has 1 atom stereocenters. The Bertz CT molecular complexity index is 709. The maximum Gasteiger partial charge on any atom is 0.181 e. The maximum atomic E-state index is 11.6. The third-order valence-electron chi connectivity index (χ3n) is 3.07. The number of sulfone groups is 1. The monoisotopic (exact) mass is 308 g/mol. The quantitative estimate of drug-likeness (QED) is 0.852. The fourth-order valence-electron chi connectivity index (χ4n) is 2.04. The summed E-state index contributed by atoms with van der Waals surface area (Å²) in [6.45, 7) is 5.36. The van der Waals surface area contributed by atoms with E-state index in [1.54, 1.807) is 6.92 Å². The lowest BCUT2D eigenvalue weighted by molar-refractivity contribution is 0.593. The lowest BCUT2D eigenvalue weighted by atomic mass is 10.2. The summed E-state index contributed by atoms with van der Waals surface area (Å²) in [5.74, 6) is 1.67. The molecule has 0 spiro atoms. The van der Waals surface area contributed by atoms with Crippen molar-refractivity contribution in [3.63, 3.8) is 0 Å². The molecule has 1 aromatic heterocycles. The highest BCUT2D eigenvalue weighted by Crippen LogP contribution is 2.20. The van der Waals surface area contributed by atoms with Crippen LogP contribution >= 0.6 is 0 Å². The van der Waals surface area contributed by atoms with Crippen molar-refractivity contribution in [2.24, 2.45) is 0 Å². The molecule has 0 bridgehead atoms. The number of rotatable bonds is 6. The zero-order valence-electron chi connectivity index (χ0n) is 12.4. The van der Waals surface area contributed by atoms with Crippen molar-refractivity contribution in [2.75, 3.05) is 16.8 Å². The average Bonchev–Trinajstić information content (AvgIpc) is 2.85. The van der Waals surface area contributed by atoms with Gasteiger partial charge >= 0.3 is 0 Å². The molecule has 0 aliphatic heterocycles. The van der Waals surface area contributed by atoms with Gasteiger partial charge in [0, 0.05) is 23.0 Å². The highest BCUT2D eigenvalue weighted by Gasteiger charge is 2.14. The number of anilines is 1. The number of aryl methyl sites for hydroxylation is 1. The number of hydrogen-bond acceptors (Lipinski definition) is 5. The molecule has 2 N–H and O–H groups in total. The molecule has 1 unspecified atom stereocenters. The molecule has 0 fully saturated rings. The Morgan fingerprint density at radius 3 is 2.76 bits per heavy atom. The van der Waals surface area contributed by atoms with Gasteiger partial charge in [0.15, 0.2) is 15.7 Å². The minimum absolute atomic E-state index is 0.119. The van der Waals surface area contributed by atoms with Crippen molar-refractivity contribution in [3.05, 3.63) is 30.1 Å². The van der Waals surface area contributed by atoms with Gasteiger partial charge in [0.25, 0.3) is 0 Å². The first-order valence-corrected chi connectivity index (χ1v) is 8.68. The van der Waals surface area contributed by atoms with Crippen molar-refractivity contribution < 1.29 is 8.42 Å². The summed E-state index contributed by atoms with van der Waals surface area (Å²) >= 11 is 0. The lowest BCUT2D eigenvalue weighted by Crippen LogP contribution is -2.26. The van der Waals surface area contributed by atoms with Crippen LogP contribution < -0.4 is 5.32 Å². The Kier molecular flexibility index (Phi) is 4.62. The van der Waals surface area contributed by atoms with E-state index in [0.717, 1.165) is 17.1 Å². The predicted octanol–water partition coefficient (Wildman–Crippen LogP) is 2.02. The summed E-state index contributed by atoms with van der Waals surface area (Å²) in [7, 11) is -2.99. The van der Waals surface area contributed by atoms with Crippen molar-refractivity contribution in [1.82, 2.24) is 15.2 Å². The van der Waals surface area contributed by atoms with E-state index in [9.17, 15) is 8.42 Å². The molecular weight excluding hydrogens is 288 g/mol. The number of hydrogen-bond donors (Lipinski definition) is 2. The Morgan fingerprint density at radius 2 is 2.14 bits per heavy atom. The summed E-state index contributed by atoms with van der Waals surface area (Å²) in [6, 6.07) is 7.47. The lowest BCUT2D eigenvalue weighted by Gasteiger charge is -2.15. The van der Waals surface area contributed by atoms with Crippen molar-refractivity contribution in [3.8, 4) is 11.4 Å². The smallest absolute Gasteiger partial charge is 0.181 e. The van der Waals surface area contributed by atoms with Crippen LogP contribution in [-0.4, -0.2) is 41.1 Å². The average molecular weight is 308 g/mol. The second-order valence-electron chi connectivity index (χ2n) is 5.07. The van der Waals surface area contributed by atoms with E-state index >= 15 is 0 Å². The molecule has 0 aliphatic carbocycles. The van der Waals surface area contributed by atoms with Crippen molar-refractivity contribution >= 4 is 15.5 Å². The first kappa shape index (κ1) is 15.5. The van der Waals surface area contributed by atoms with E-state index in [4.69, 9.17) is 0 Å². The number of H-pyrrole nitrogens is 1. The molecule has 0 radical (unpaired) electrons. The third kappa shape index (κ3) is 4.29. The standard InChI is InChI=1S/C14H20N4O2S/c1-4-21(19,20)9-10(2)15-13-7-5-6-12(8-13)14-16-11(3)17-18-14/h5-8,10,15H,4,9H2,1-3H3,(H,16,17,18). The second kappa shape index (κ2) is 6.26. The molecule has 7 heteroatoms. The Balaban J connectivity index is 2.11. The van der Waals surface area contributed by atoms with E-state index < -0.39 is 9.84 Å². The van der Waals surface area contributed by atoms with E-state index in [0.29, 0.717) is 5.82 Å². The Hall–Kier alpha value is -1.89. The van der Waals surface area contributed by atoms with Crippen LogP contribution in [-0.2, 0) is 9.84 Å². The highest BCUT2D eigenvalue weighted by molar-refractivity contribution is 7.91. The molecule has 2 rings (SSSR count). The van der Waals surface area contributed by atoms with E-state index in [-0.39, 0.29) is 17.5 Å². The van der Waals surface area contributed by atoms with E-state index in [2.05, 4.69) is 20.5 Å². The van der Waals surface area contributed by atoms with Gasteiger partial charge in [0.05, 0.1) is 5.75 Å². The van der Waals surface area contributed by atoms with Crippen molar-refractivity contribution in [1.29, 1.82) is 0 Å². The van der Waals surface area contributed by atoms with Crippen LogP contribution in [0, 0.1) is 6.92 Å². The SMILES string of the molecule is CCS(=O)(=O)CC(C)Nc1cccc(-c2n[nH]c(C)n2)c1. The second-order valence-corrected chi connectivity index (χ2v) is 7.47. The summed E-state index contributed by atoms with van der Waals surface area (Å²) < 4.78 is 23.3. The minimum atomic E-state index is -2.99. The number of nitrogens with zero attached hydrogens (tertiary/aromatic N) is 2. The maximum absolute atomic E-state index is 11.6. The molecule has 0 saturated heterocycles.